The van der Waals surface area contributed by atoms with E-state index in [2.05, 4.69) is 10.3 Å². The maximum atomic E-state index is 12.1. The topological polar surface area (TPSA) is 51.2 Å². The van der Waals surface area contributed by atoms with E-state index in [1.807, 2.05) is 43.5 Å². The maximum Gasteiger partial charge on any atom is 0.228 e. The molecule has 1 heterocycles. The highest BCUT2D eigenvalue weighted by atomic mass is 32.2. The molecule has 0 aliphatic heterocycles. The van der Waals surface area contributed by atoms with Crippen LogP contribution in [0.2, 0.25) is 0 Å². The second-order valence-corrected chi connectivity index (χ2v) is 5.48. The van der Waals surface area contributed by atoms with Gasteiger partial charge < -0.3 is 10.1 Å². The van der Waals surface area contributed by atoms with Crippen LogP contribution in [0.5, 0.6) is 5.75 Å². The monoisotopic (exact) mass is 302 g/mol. The molecule has 2 rings (SSSR count). The molecule has 1 amide bonds. The van der Waals surface area contributed by atoms with E-state index < -0.39 is 0 Å². The summed E-state index contributed by atoms with van der Waals surface area (Å²) in [6.45, 7) is 1.92. The zero-order valence-electron chi connectivity index (χ0n) is 12.3. The molecule has 110 valence electrons. The van der Waals surface area contributed by atoms with Gasteiger partial charge in [-0.2, -0.15) is 0 Å². The molecule has 0 saturated heterocycles. The van der Waals surface area contributed by atoms with E-state index in [0.717, 1.165) is 16.2 Å². The summed E-state index contributed by atoms with van der Waals surface area (Å²) in [6, 6.07) is 9.53. The van der Waals surface area contributed by atoms with Crippen LogP contribution in [0.15, 0.2) is 41.4 Å². The first-order chi connectivity index (χ1) is 10.1. The third-order valence-electron chi connectivity index (χ3n) is 3.02. The van der Waals surface area contributed by atoms with Gasteiger partial charge in [0.1, 0.15) is 5.75 Å². The van der Waals surface area contributed by atoms with Crippen LogP contribution in [0.1, 0.15) is 11.3 Å². The number of pyridine rings is 1. The second-order valence-electron chi connectivity index (χ2n) is 4.60. The van der Waals surface area contributed by atoms with E-state index in [9.17, 15) is 4.79 Å². The van der Waals surface area contributed by atoms with Crippen molar-refractivity contribution in [2.24, 2.45) is 0 Å². The number of aromatic nitrogens is 1. The van der Waals surface area contributed by atoms with Gasteiger partial charge in [0.2, 0.25) is 5.91 Å². The number of ether oxygens (including phenoxy) is 1. The number of methoxy groups -OCH3 is 1. The molecule has 1 N–H and O–H groups in total. The van der Waals surface area contributed by atoms with Gasteiger partial charge in [-0.05, 0) is 43.0 Å². The molecule has 0 bridgehead atoms. The number of nitrogens with one attached hydrogen (secondary N) is 1. The molecule has 0 atom stereocenters. The number of thioether (sulfide) groups is 1. The average molecular weight is 302 g/mol. The normalized spacial score (nSPS) is 10.2. The lowest BCUT2D eigenvalue weighted by atomic mass is 10.2. The number of anilines is 1. The number of hydrogen-bond donors (Lipinski definition) is 1. The first-order valence-corrected chi connectivity index (χ1v) is 7.78. The van der Waals surface area contributed by atoms with Crippen molar-refractivity contribution >= 4 is 23.4 Å². The predicted molar refractivity (Wildman–Crippen MR) is 86.1 cm³/mol. The van der Waals surface area contributed by atoms with Gasteiger partial charge in [-0.15, -0.1) is 11.8 Å². The Bertz CT molecular complexity index is 627. The Hall–Kier alpha value is -2.01. The Morgan fingerprint density at radius 1 is 1.33 bits per heavy atom. The molecule has 0 radical (unpaired) electrons. The first kappa shape index (κ1) is 15.4. The smallest absolute Gasteiger partial charge is 0.228 e. The predicted octanol–water partition coefficient (Wildman–Crippen LogP) is 3.30. The molecule has 0 fully saturated rings. The van der Waals surface area contributed by atoms with Gasteiger partial charge >= 0.3 is 0 Å². The number of carbonyl (C=O) groups excluding carboxylic acids is 1. The molecule has 0 aliphatic rings. The van der Waals surface area contributed by atoms with Crippen LogP contribution >= 0.6 is 11.8 Å². The van der Waals surface area contributed by atoms with E-state index in [1.165, 1.54) is 0 Å². The van der Waals surface area contributed by atoms with Crippen molar-refractivity contribution in [1.82, 2.24) is 4.98 Å². The summed E-state index contributed by atoms with van der Waals surface area (Å²) in [5.74, 6) is 0.577. The van der Waals surface area contributed by atoms with Crippen molar-refractivity contribution in [2.45, 2.75) is 18.2 Å². The third-order valence-corrected chi connectivity index (χ3v) is 3.75. The number of hydrogen-bond acceptors (Lipinski definition) is 4. The Morgan fingerprint density at radius 3 is 2.76 bits per heavy atom. The van der Waals surface area contributed by atoms with Crippen molar-refractivity contribution in [3.8, 4) is 5.75 Å². The molecule has 0 spiro atoms. The molecule has 0 saturated carbocycles. The standard InChI is InChI=1S/C16H18N2O2S/c1-11-4-5-12(10-17-11)8-16(19)18-14-7-6-13(21-3)9-15(14)20-2/h4-7,9-10H,8H2,1-3H3,(H,18,19). The molecular weight excluding hydrogens is 284 g/mol. The summed E-state index contributed by atoms with van der Waals surface area (Å²) >= 11 is 1.63. The van der Waals surface area contributed by atoms with Crippen molar-refractivity contribution < 1.29 is 9.53 Å². The van der Waals surface area contributed by atoms with Crippen molar-refractivity contribution in [2.75, 3.05) is 18.7 Å². The summed E-state index contributed by atoms with van der Waals surface area (Å²) in [5.41, 5.74) is 2.51. The largest absolute Gasteiger partial charge is 0.495 e. The summed E-state index contributed by atoms with van der Waals surface area (Å²) < 4.78 is 5.31. The molecule has 4 nitrogen and oxygen atoms in total. The van der Waals surface area contributed by atoms with Crippen LogP contribution in [0.4, 0.5) is 5.69 Å². The third kappa shape index (κ3) is 4.23. The van der Waals surface area contributed by atoms with Gasteiger partial charge in [0.05, 0.1) is 19.2 Å². The highest BCUT2D eigenvalue weighted by Crippen LogP contribution is 2.29. The second kappa shape index (κ2) is 7.13. The lowest BCUT2D eigenvalue weighted by Gasteiger charge is -2.11. The number of nitrogens with zero attached hydrogens (tertiary/aromatic N) is 1. The van der Waals surface area contributed by atoms with Crippen molar-refractivity contribution in [3.05, 3.63) is 47.8 Å². The van der Waals surface area contributed by atoms with Crippen LogP contribution in [-0.2, 0) is 11.2 Å². The van der Waals surface area contributed by atoms with Crippen LogP contribution < -0.4 is 10.1 Å². The summed E-state index contributed by atoms with van der Waals surface area (Å²) in [4.78, 5) is 17.4. The average Bonchev–Trinajstić information content (AvgIpc) is 2.50. The van der Waals surface area contributed by atoms with Crippen LogP contribution in [-0.4, -0.2) is 24.3 Å². The van der Waals surface area contributed by atoms with Crippen LogP contribution in [0.25, 0.3) is 0 Å². The zero-order chi connectivity index (χ0) is 15.2. The number of benzene rings is 1. The lowest BCUT2D eigenvalue weighted by Crippen LogP contribution is -2.15. The fraction of sp³-hybridized carbons (Fsp3) is 0.250. The molecule has 1 aromatic carbocycles. The lowest BCUT2D eigenvalue weighted by molar-refractivity contribution is -0.115. The van der Waals surface area contributed by atoms with Crippen LogP contribution in [0.3, 0.4) is 0 Å². The summed E-state index contributed by atoms with van der Waals surface area (Å²) in [6.07, 6.45) is 4.01. The van der Waals surface area contributed by atoms with Gasteiger partial charge in [0, 0.05) is 16.8 Å². The quantitative estimate of drug-likeness (QED) is 0.861. The molecule has 0 aliphatic carbocycles. The maximum absolute atomic E-state index is 12.1. The van der Waals surface area contributed by atoms with Gasteiger partial charge in [0.15, 0.2) is 0 Å². The van der Waals surface area contributed by atoms with E-state index in [1.54, 1.807) is 25.1 Å². The number of rotatable bonds is 5. The van der Waals surface area contributed by atoms with Gasteiger partial charge in [-0.3, -0.25) is 9.78 Å². The highest BCUT2D eigenvalue weighted by Gasteiger charge is 2.09. The van der Waals surface area contributed by atoms with E-state index >= 15 is 0 Å². The molecule has 21 heavy (non-hydrogen) atoms. The molecule has 2 aromatic rings. The Labute approximate surface area is 128 Å². The minimum absolute atomic E-state index is 0.0872. The Kier molecular flexibility index (Phi) is 5.22. The highest BCUT2D eigenvalue weighted by molar-refractivity contribution is 7.98. The number of aryl methyl sites for hydroxylation is 1. The molecule has 0 unspecified atom stereocenters. The fourth-order valence-electron chi connectivity index (χ4n) is 1.88. The zero-order valence-corrected chi connectivity index (χ0v) is 13.2. The van der Waals surface area contributed by atoms with E-state index in [0.29, 0.717) is 17.9 Å². The van der Waals surface area contributed by atoms with Gasteiger partial charge in [0.25, 0.3) is 0 Å². The van der Waals surface area contributed by atoms with Crippen molar-refractivity contribution in [1.29, 1.82) is 0 Å². The molecular formula is C16H18N2O2S. The SMILES string of the molecule is COc1cc(SC)ccc1NC(=O)Cc1ccc(C)nc1. The first-order valence-electron chi connectivity index (χ1n) is 6.56. The molecule has 5 heteroatoms. The van der Waals surface area contributed by atoms with Crippen LogP contribution in [0, 0.1) is 6.92 Å². The summed E-state index contributed by atoms with van der Waals surface area (Å²) in [5, 5.41) is 2.87. The number of carbonyl (C=O) groups is 1. The van der Waals surface area contributed by atoms with Crippen molar-refractivity contribution in [3.63, 3.8) is 0 Å². The Balaban J connectivity index is 2.07. The molecule has 1 aromatic heterocycles. The summed E-state index contributed by atoms with van der Waals surface area (Å²) in [7, 11) is 1.60. The van der Waals surface area contributed by atoms with Gasteiger partial charge in [-0.25, -0.2) is 0 Å². The van der Waals surface area contributed by atoms with E-state index in [4.69, 9.17) is 4.74 Å². The minimum Gasteiger partial charge on any atom is -0.495 e. The minimum atomic E-state index is -0.0872. The Morgan fingerprint density at radius 2 is 2.14 bits per heavy atom. The number of amides is 1. The van der Waals surface area contributed by atoms with E-state index in [-0.39, 0.29) is 5.91 Å². The van der Waals surface area contributed by atoms with Gasteiger partial charge in [-0.1, -0.05) is 6.07 Å². The fourth-order valence-corrected chi connectivity index (χ4v) is 2.31.